The summed E-state index contributed by atoms with van der Waals surface area (Å²) >= 11 is 0. The smallest absolute Gasteiger partial charge is 0.224 e. The Hall–Kier alpha value is -0.610. The van der Waals surface area contributed by atoms with Gasteiger partial charge in [-0.25, -0.2) is 0 Å². The standard InChI is InChI=1S/C13H26N2O2/c1-2-10(16)8-9-15-13(17)11-6-4-3-5-7-12(11)14/h10-12,16H,2-9,14H2,1H3,(H,15,17). The molecule has 1 saturated carbocycles. The van der Waals surface area contributed by atoms with Gasteiger partial charge >= 0.3 is 0 Å². The van der Waals surface area contributed by atoms with E-state index in [-0.39, 0.29) is 24.0 Å². The van der Waals surface area contributed by atoms with Gasteiger partial charge < -0.3 is 16.2 Å². The molecule has 3 atom stereocenters. The quantitative estimate of drug-likeness (QED) is 0.633. The molecule has 1 fully saturated rings. The van der Waals surface area contributed by atoms with Crippen LogP contribution in [0.5, 0.6) is 0 Å². The van der Waals surface area contributed by atoms with Crippen molar-refractivity contribution in [2.45, 2.75) is 64.0 Å². The summed E-state index contributed by atoms with van der Waals surface area (Å²) in [5, 5.41) is 12.3. The zero-order valence-corrected chi connectivity index (χ0v) is 10.8. The highest BCUT2D eigenvalue weighted by molar-refractivity contribution is 5.79. The molecule has 4 heteroatoms. The lowest BCUT2D eigenvalue weighted by Gasteiger charge is -2.20. The van der Waals surface area contributed by atoms with Crippen molar-refractivity contribution >= 4 is 5.91 Å². The highest BCUT2D eigenvalue weighted by Crippen LogP contribution is 2.22. The van der Waals surface area contributed by atoms with Gasteiger partial charge in [0.25, 0.3) is 0 Å². The molecular weight excluding hydrogens is 216 g/mol. The molecule has 17 heavy (non-hydrogen) atoms. The number of nitrogens with one attached hydrogen (secondary N) is 1. The summed E-state index contributed by atoms with van der Waals surface area (Å²) in [4.78, 5) is 12.0. The van der Waals surface area contributed by atoms with Crippen LogP contribution in [0.15, 0.2) is 0 Å². The van der Waals surface area contributed by atoms with Gasteiger partial charge in [0.15, 0.2) is 0 Å². The second kappa shape index (κ2) is 7.67. The Kier molecular flexibility index (Phi) is 6.52. The number of amides is 1. The van der Waals surface area contributed by atoms with E-state index < -0.39 is 0 Å². The van der Waals surface area contributed by atoms with Gasteiger partial charge in [-0.3, -0.25) is 4.79 Å². The van der Waals surface area contributed by atoms with Gasteiger partial charge in [0.05, 0.1) is 12.0 Å². The molecule has 1 aliphatic carbocycles. The number of nitrogens with two attached hydrogens (primary N) is 1. The Labute approximate surface area is 104 Å². The zero-order valence-electron chi connectivity index (χ0n) is 10.8. The molecule has 0 aromatic heterocycles. The maximum Gasteiger partial charge on any atom is 0.224 e. The van der Waals surface area contributed by atoms with Gasteiger partial charge in [0.2, 0.25) is 5.91 Å². The maximum atomic E-state index is 12.0. The molecule has 100 valence electrons. The third kappa shape index (κ3) is 5.04. The average Bonchev–Trinajstić information content (AvgIpc) is 2.53. The molecule has 0 bridgehead atoms. The molecule has 0 spiro atoms. The Balaban J connectivity index is 2.30. The van der Waals surface area contributed by atoms with Crippen molar-refractivity contribution in [3.05, 3.63) is 0 Å². The lowest BCUT2D eigenvalue weighted by Crippen LogP contribution is -2.42. The number of carbonyl (C=O) groups is 1. The fourth-order valence-electron chi connectivity index (χ4n) is 2.36. The second-order valence-electron chi connectivity index (χ2n) is 5.05. The SMILES string of the molecule is CCC(O)CCNC(=O)C1CCCCCC1N. The van der Waals surface area contributed by atoms with Crippen molar-refractivity contribution < 1.29 is 9.90 Å². The number of hydrogen-bond donors (Lipinski definition) is 3. The van der Waals surface area contributed by atoms with Crippen LogP contribution in [-0.2, 0) is 4.79 Å². The van der Waals surface area contributed by atoms with Gasteiger partial charge in [0.1, 0.15) is 0 Å². The van der Waals surface area contributed by atoms with Crippen LogP contribution in [0, 0.1) is 5.92 Å². The van der Waals surface area contributed by atoms with Crippen molar-refractivity contribution in [3.8, 4) is 0 Å². The predicted octanol–water partition coefficient (Wildman–Crippen LogP) is 1.17. The molecule has 0 saturated heterocycles. The van der Waals surface area contributed by atoms with Crippen LogP contribution in [0.4, 0.5) is 0 Å². The number of aliphatic hydroxyl groups excluding tert-OH is 1. The van der Waals surface area contributed by atoms with Crippen LogP contribution in [0.2, 0.25) is 0 Å². The summed E-state index contributed by atoms with van der Waals surface area (Å²) in [6, 6.07) is 0.00796. The minimum absolute atomic E-state index is 0.00796. The van der Waals surface area contributed by atoms with Gasteiger partial charge in [-0.2, -0.15) is 0 Å². The average molecular weight is 242 g/mol. The van der Waals surface area contributed by atoms with Gasteiger partial charge in [-0.05, 0) is 25.7 Å². The van der Waals surface area contributed by atoms with E-state index in [2.05, 4.69) is 5.32 Å². The molecular formula is C13H26N2O2. The highest BCUT2D eigenvalue weighted by atomic mass is 16.3. The largest absolute Gasteiger partial charge is 0.393 e. The highest BCUT2D eigenvalue weighted by Gasteiger charge is 2.26. The maximum absolute atomic E-state index is 12.0. The van der Waals surface area contributed by atoms with Crippen LogP contribution in [-0.4, -0.2) is 29.7 Å². The fourth-order valence-corrected chi connectivity index (χ4v) is 2.36. The van der Waals surface area contributed by atoms with Crippen LogP contribution in [0.3, 0.4) is 0 Å². The molecule has 0 radical (unpaired) electrons. The van der Waals surface area contributed by atoms with Crippen LogP contribution in [0.1, 0.15) is 51.9 Å². The van der Waals surface area contributed by atoms with E-state index >= 15 is 0 Å². The zero-order chi connectivity index (χ0) is 12.7. The predicted molar refractivity (Wildman–Crippen MR) is 68.5 cm³/mol. The fraction of sp³-hybridized carbons (Fsp3) is 0.923. The summed E-state index contributed by atoms with van der Waals surface area (Å²) in [5.74, 6) is 0.0407. The second-order valence-corrected chi connectivity index (χ2v) is 5.05. The van der Waals surface area contributed by atoms with Crippen LogP contribution < -0.4 is 11.1 Å². The lowest BCUT2D eigenvalue weighted by molar-refractivity contribution is -0.125. The first-order valence-electron chi connectivity index (χ1n) is 6.86. The summed E-state index contributed by atoms with van der Waals surface area (Å²) in [7, 11) is 0. The number of hydrogen-bond acceptors (Lipinski definition) is 3. The van der Waals surface area contributed by atoms with E-state index in [9.17, 15) is 9.90 Å². The van der Waals surface area contributed by atoms with E-state index in [0.717, 1.165) is 32.1 Å². The van der Waals surface area contributed by atoms with Crippen LogP contribution >= 0.6 is 0 Å². The lowest BCUT2D eigenvalue weighted by atomic mass is 9.94. The van der Waals surface area contributed by atoms with Crippen molar-refractivity contribution in [2.75, 3.05) is 6.54 Å². The van der Waals surface area contributed by atoms with Crippen molar-refractivity contribution in [1.82, 2.24) is 5.32 Å². The molecule has 4 nitrogen and oxygen atoms in total. The topological polar surface area (TPSA) is 75.3 Å². The first kappa shape index (κ1) is 14.5. The minimum atomic E-state index is -0.307. The normalized spacial score (nSPS) is 27.2. The molecule has 4 N–H and O–H groups in total. The van der Waals surface area contributed by atoms with E-state index in [1.807, 2.05) is 6.92 Å². The number of rotatable bonds is 5. The molecule has 0 aromatic rings. The Morgan fingerprint density at radius 3 is 2.82 bits per heavy atom. The molecule has 0 aromatic carbocycles. The van der Waals surface area contributed by atoms with Crippen molar-refractivity contribution in [2.24, 2.45) is 11.7 Å². The molecule has 1 aliphatic rings. The number of carbonyl (C=O) groups excluding carboxylic acids is 1. The third-order valence-corrected chi connectivity index (χ3v) is 3.65. The van der Waals surface area contributed by atoms with E-state index in [0.29, 0.717) is 13.0 Å². The minimum Gasteiger partial charge on any atom is -0.393 e. The van der Waals surface area contributed by atoms with E-state index in [4.69, 9.17) is 5.73 Å². The number of aliphatic hydroxyl groups is 1. The van der Waals surface area contributed by atoms with Gasteiger partial charge in [-0.15, -0.1) is 0 Å². The molecule has 1 amide bonds. The van der Waals surface area contributed by atoms with E-state index in [1.165, 1.54) is 6.42 Å². The van der Waals surface area contributed by atoms with Crippen molar-refractivity contribution in [3.63, 3.8) is 0 Å². The van der Waals surface area contributed by atoms with Crippen molar-refractivity contribution in [1.29, 1.82) is 0 Å². The molecule has 1 rings (SSSR count). The third-order valence-electron chi connectivity index (χ3n) is 3.65. The molecule has 0 aliphatic heterocycles. The summed E-state index contributed by atoms with van der Waals surface area (Å²) in [5.41, 5.74) is 6.03. The monoisotopic (exact) mass is 242 g/mol. The first-order valence-corrected chi connectivity index (χ1v) is 6.86. The van der Waals surface area contributed by atoms with E-state index in [1.54, 1.807) is 0 Å². The summed E-state index contributed by atoms with van der Waals surface area (Å²) in [6.45, 7) is 2.49. The van der Waals surface area contributed by atoms with Gasteiger partial charge in [-0.1, -0.05) is 26.2 Å². The first-order chi connectivity index (χ1) is 8.15. The Bertz CT molecular complexity index is 233. The Morgan fingerprint density at radius 2 is 2.12 bits per heavy atom. The summed E-state index contributed by atoms with van der Waals surface area (Å²) in [6.07, 6.45) is 6.34. The molecule has 0 heterocycles. The van der Waals surface area contributed by atoms with Gasteiger partial charge in [0, 0.05) is 12.6 Å². The van der Waals surface area contributed by atoms with Crippen LogP contribution in [0.25, 0.3) is 0 Å². The Morgan fingerprint density at radius 1 is 1.41 bits per heavy atom. The summed E-state index contributed by atoms with van der Waals surface area (Å²) < 4.78 is 0. The molecule has 3 unspecified atom stereocenters.